The second-order valence-electron chi connectivity index (χ2n) is 4.28. The van der Waals surface area contributed by atoms with E-state index in [9.17, 15) is 13.2 Å². The van der Waals surface area contributed by atoms with Gasteiger partial charge in [0.05, 0.1) is 6.42 Å². The molecule has 0 atom stereocenters. The van der Waals surface area contributed by atoms with Crippen LogP contribution in [0.2, 0.25) is 0 Å². The van der Waals surface area contributed by atoms with Gasteiger partial charge in [-0.15, -0.1) is 0 Å². The lowest BCUT2D eigenvalue weighted by atomic mass is 10.2. The summed E-state index contributed by atoms with van der Waals surface area (Å²) in [5, 5.41) is 3.29. The van der Waals surface area contributed by atoms with Gasteiger partial charge in [0.25, 0.3) is 0 Å². The first-order valence-electron chi connectivity index (χ1n) is 5.63. The summed E-state index contributed by atoms with van der Waals surface area (Å²) in [5.41, 5.74) is 0.910. The number of hydrogen-bond acceptors (Lipinski definition) is 3. The van der Waals surface area contributed by atoms with Crippen LogP contribution >= 0.6 is 0 Å². The Kier molecular flexibility index (Phi) is 3.61. The topological polar surface area (TPSA) is 37.8 Å². The summed E-state index contributed by atoms with van der Waals surface area (Å²) < 4.78 is 35.9. The van der Waals surface area contributed by atoms with Gasteiger partial charge in [0, 0.05) is 37.0 Å². The lowest BCUT2D eigenvalue weighted by molar-refractivity contribution is -0.134. The molecule has 1 heterocycles. The highest BCUT2D eigenvalue weighted by Gasteiger charge is 2.27. The molecule has 1 aromatic rings. The zero-order valence-electron chi connectivity index (χ0n) is 9.30. The van der Waals surface area contributed by atoms with Gasteiger partial charge in [-0.25, -0.2) is 9.97 Å². The maximum Gasteiger partial charge on any atom is 0.389 e. The first-order valence-corrected chi connectivity index (χ1v) is 5.63. The lowest BCUT2D eigenvalue weighted by Gasteiger charge is -2.06. The molecule has 0 radical (unpaired) electrons. The molecule has 94 valence electrons. The normalized spacial score (nSPS) is 16.2. The van der Waals surface area contributed by atoms with Crippen LogP contribution in [0, 0.1) is 0 Å². The van der Waals surface area contributed by atoms with Crippen LogP contribution in [0.25, 0.3) is 0 Å². The number of alkyl halides is 3. The smallest absolute Gasteiger partial charge is 0.310 e. The summed E-state index contributed by atoms with van der Waals surface area (Å²) in [6, 6.07) is 0.597. The number of halogens is 3. The summed E-state index contributed by atoms with van der Waals surface area (Å²) in [6.07, 6.45) is 0.416. The Labute approximate surface area is 97.5 Å². The number of nitrogens with one attached hydrogen (secondary N) is 1. The van der Waals surface area contributed by atoms with Gasteiger partial charge in [0.1, 0.15) is 5.82 Å². The highest BCUT2D eigenvalue weighted by molar-refractivity contribution is 5.05. The van der Waals surface area contributed by atoms with E-state index in [1.54, 1.807) is 12.4 Å². The number of aromatic nitrogens is 2. The summed E-state index contributed by atoms with van der Waals surface area (Å²) in [6.45, 7) is 0.685. The minimum absolute atomic E-state index is 0.153. The number of hydrogen-bond donors (Lipinski definition) is 1. The molecule has 0 bridgehead atoms. The van der Waals surface area contributed by atoms with Crippen molar-refractivity contribution in [2.75, 3.05) is 0 Å². The standard InChI is InChI=1S/C11H14F3N3/c12-11(13,14)4-3-10-16-6-8(7-17-10)5-15-9-1-2-9/h6-7,9,15H,1-5H2. The highest BCUT2D eigenvalue weighted by Crippen LogP contribution is 2.21. The van der Waals surface area contributed by atoms with Crippen LogP contribution in [0.4, 0.5) is 13.2 Å². The van der Waals surface area contributed by atoms with Gasteiger partial charge in [0.2, 0.25) is 0 Å². The van der Waals surface area contributed by atoms with Crippen LogP contribution in [0.1, 0.15) is 30.7 Å². The third-order valence-corrected chi connectivity index (χ3v) is 2.56. The molecule has 3 nitrogen and oxygen atoms in total. The van der Waals surface area contributed by atoms with Gasteiger partial charge in [0.15, 0.2) is 0 Å². The molecule has 1 aliphatic rings. The average molecular weight is 245 g/mol. The molecule has 0 aromatic carbocycles. The molecule has 1 aliphatic carbocycles. The Hall–Kier alpha value is -1.17. The van der Waals surface area contributed by atoms with Crippen molar-refractivity contribution in [2.24, 2.45) is 0 Å². The fourth-order valence-corrected chi connectivity index (χ4v) is 1.41. The Morgan fingerprint density at radius 1 is 1.24 bits per heavy atom. The van der Waals surface area contributed by atoms with E-state index in [1.165, 1.54) is 12.8 Å². The Bertz CT molecular complexity index is 357. The van der Waals surface area contributed by atoms with Gasteiger partial charge in [-0.1, -0.05) is 0 Å². The maximum atomic E-state index is 12.0. The van der Waals surface area contributed by atoms with E-state index in [2.05, 4.69) is 15.3 Å². The fraction of sp³-hybridized carbons (Fsp3) is 0.636. The van der Waals surface area contributed by atoms with Crippen molar-refractivity contribution in [3.05, 3.63) is 23.8 Å². The molecular weight excluding hydrogens is 231 g/mol. The monoisotopic (exact) mass is 245 g/mol. The summed E-state index contributed by atoms with van der Waals surface area (Å²) in [5.74, 6) is 0.248. The number of aryl methyl sites for hydroxylation is 1. The van der Waals surface area contributed by atoms with E-state index < -0.39 is 12.6 Å². The molecule has 6 heteroatoms. The van der Waals surface area contributed by atoms with E-state index in [0.717, 1.165) is 5.56 Å². The Morgan fingerprint density at radius 2 is 1.88 bits per heavy atom. The van der Waals surface area contributed by atoms with Gasteiger partial charge < -0.3 is 5.32 Å². The van der Waals surface area contributed by atoms with Gasteiger partial charge >= 0.3 is 6.18 Å². The molecule has 0 saturated heterocycles. The molecule has 1 N–H and O–H groups in total. The summed E-state index contributed by atoms with van der Waals surface area (Å²) >= 11 is 0. The first kappa shape index (κ1) is 12.3. The van der Waals surface area contributed by atoms with Crippen molar-refractivity contribution in [1.29, 1.82) is 0 Å². The minimum atomic E-state index is -4.14. The predicted molar refractivity (Wildman–Crippen MR) is 56.3 cm³/mol. The molecule has 1 fully saturated rings. The summed E-state index contributed by atoms with van der Waals surface area (Å²) in [4.78, 5) is 7.86. The molecule has 0 spiro atoms. The lowest BCUT2D eigenvalue weighted by Crippen LogP contribution is -2.16. The molecule has 0 unspecified atom stereocenters. The van der Waals surface area contributed by atoms with Crippen molar-refractivity contribution in [2.45, 2.75) is 44.4 Å². The van der Waals surface area contributed by atoms with Crippen LogP contribution in [0.5, 0.6) is 0 Å². The van der Waals surface area contributed by atoms with Crippen LogP contribution < -0.4 is 5.32 Å². The number of nitrogens with zero attached hydrogens (tertiary/aromatic N) is 2. The fourth-order valence-electron chi connectivity index (χ4n) is 1.41. The molecule has 1 saturated carbocycles. The van der Waals surface area contributed by atoms with Crippen molar-refractivity contribution in [1.82, 2.24) is 15.3 Å². The average Bonchev–Trinajstić information content (AvgIpc) is 3.08. The van der Waals surface area contributed by atoms with Crippen molar-refractivity contribution in [3.8, 4) is 0 Å². The van der Waals surface area contributed by atoms with Crippen molar-refractivity contribution < 1.29 is 13.2 Å². The highest BCUT2D eigenvalue weighted by atomic mass is 19.4. The zero-order valence-corrected chi connectivity index (χ0v) is 9.30. The first-order chi connectivity index (χ1) is 8.03. The van der Waals surface area contributed by atoms with Gasteiger partial charge in [-0.2, -0.15) is 13.2 Å². The van der Waals surface area contributed by atoms with Crippen LogP contribution in [0.15, 0.2) is 12.4 Å². The zero-order chi connectivity index (χ0) is 12.3. The molecular formula is C11H14F3N3. The Morgan fingerprint density at radius 3 is 2.41 bits per heavy atom. The second kappa shape index (κ2) is 5.00. The number of rotatable bonds is 5. The van der Waals surface area contributed by atoms with Crippen LogP contribution in [-0.2, 0) is 13.0 Å². The predicted octanol–water partition coefficient (Wildman–Crippen LogP) is 2.22. The van der Waals surface area contributed by atoms with Crippen molar-refractivity contribution >= 4 is 0 Å². The Balaban J connectivity index is 1.79. The third kappa shape index (κ3) is 4.68. The largest absolute Gasteiger partial charge is 0.389 e. The molecule has 1 aromatic heterocycles. The van der Waals surface area contributed by atoms with E-state index in [0.29, 0.717) is 12.6 Å². The molecule has 2 rings (SSSR count). The molecule has 0 amide bonds. The van der Waals surface area contributed by atoms with E-state index in [4.69, 9.17) is 0 Å². The maximum absolute atomic E-state index is 12.0. The second-order valence-corrected chi connectivity index (χ2v) is 4.28. The summed E-state index contributed by atoms with van der Waals surface area (Å²) in [7, 11) is 0. The van der Waals surface area contributed by atoms with Crippen LogP contribution in [0.3, 0.4) is 0 Å². The van der Waals surface area contributed by atoms with E-state index in [1.807, 2.05) is 0 Å². The van der Waals surface area contributed by atoms with Crippen molar-refractivity contribution in [3.63, 3.8) is 0 Å². The molecule has 0 aliphatic heterocycles. The quantitative estimate of drug-likeness (QED) is 0.864. The van der Waals surface area contributed by atoms with E-state index >= 15 is 0 Å². The third-order valence-electron chi connectivity index (χ3n) is 2.56. The SMILES string of the molecule is FC(F)(F)CCc1ncc(CNC2CC2)cn1. The van der Waals surface area contributed by atoms with Gasteiger partial charge in [-0.3, -0.25) is 0 Å². The van der Waals surface area contributed by atoms with Crippen LogP contribution in [-0.4, -0.2) is 22.2 Å². The van der Waals surface area contributed by atoms with E-state index in [-0.39, 0.29) is 12.2 Å². The molecule has 17 heavy (non-hydrogen) atoms. The minimum Gasteiger partial charge on any atom is -0.310 e. The van der Waals surface area contributed by atoms with Gasteiger partial charge in [-0.05, 0) is 12.8 Å².